The largest absolute Gasteiger partial charge is 0.443 e. The molecule has 0 unspecified atom stereocenters. The third kappa shape index (κ3) is 4.73. The zero-order valence-electron chi connectivity index (χ0n) is 7.83. The van der Waals surface area contributed by atoms with Gasteiger partial charge in [0.05, 0.1) is 6.54 Å². The molecule has 0 aromatic rings. The van der Waals surface area contributed by atoms with Crippen LogP contribution in [0.1, 0.15) is 20.8 Å². The predicted octanol–water partition coefficient (Wildman–Crippen LogP) is 1.28. The van der Waals surface area contributed by atoms with Gasteiger partial charge in [-0.3, -0.25) is 0 Å². The Morgan fingerprint density at radius 1 is 1.67 bits per heavy atom. The van der Waals surface area contributed by atoms with E-state index >= 15 is 0 Å². The van der Waals surface area contributed by atoms with Crippen molar-refractivity contribution in [1.82, 2.24) is 5.01 Å². The van der Waals surface area contributed by atoms with Crippen molar-refractivity contribution >= 4 is 6.09 Å². The summed E-state index contributed by atoms with van der Waals surface area (Å²) in [4.78, 5) is 11.1. The van der Waals surface area contributed by atoms with Crippen LogP contribution >= 0.6 is 0 Å². The molecule has 0 aliphatic heterocycles. The summed E-state index contributed by atoms with van der Waals surface area (Å²) in [5, 5.41) is 0.970. The minimum Gasteiger partial charge on any atom is -0.443 e. The molecule has 4 nitrogen and oxygen atoms in total. The fourth-order valence-electron chi connectivity index (χ4n) is 0.534. The number of hydrogen-bond acceptors (Lipinski definition) is 3. The fraction of sp³-hybridized carbons (Fsp3) is 0.625. The third-order valence-electron chi connectivity index (χ3n) is 0.954. The average molecular weight is 172 g/mol. The van der Waals surface area contributed by atoms with Gasteiger partial charge in [0.15, 0.2) is 0 Å². The van der Waals surface area contributed by atoms with Gasteiger partial charge in [0.25, 0.3) is 0 Å². The van der Waals surface area contributed by atoms with Crippen LogP contribution < -0.4 is 5.84 Å². The van der Waals surface area contributed by atoms with Crippen LogP contribution in [0.15, 0.2) is 12.7 Å². The summed E-state index contributed by atoms with van der Waals surface area (Å²) in [6, 6.07) is 0. The van der Waals surface area contributed by atoms with Crippen LogP contribution in [-0.2, 0) is 4.74 Å². The van der Waals surface area contributed by atoms with Crippen LogP contribution in [0.2, 0.25) is 0 Å². The summed E-state index contributed by atoms with van der Waals surface area (Å²) in [5.41, 5.74) is -0.504. The van der Waals surface area contributed by atoms with E-state index in [4.69, 9.17) is 10.6 Å². The minimum absolute atomic E-state index is 0.287. The molecule has 0 aromatic carbocycles. The molecule has 0 aromatic heterocycles. The van der Waals surface area contributed by atoms with Gasteiger partial charge in [-0.15, -0.1) is 6.58 Å². The first-order valence-electron chi connectivity index (χ1n) is 3.73. The Morgan fingerprint density at radius 3 is 2.50 bits per heavy atom. The number of hydrazine groups is 1. The Labute approximate surface area is 72.9 Å². The Kier molecular flexibility index (Phi) is 3.76. The maximum absolute atomic E-state index is 11.1. The predicted molar refractivity (Wildman–Crippen MR) is 47.3 cm³/mol. The number of nitrogens with zero attached hydrogens (tertiary/aromatic N) is 1. The highest BCUT2D eigenvalue weighted by atomic mass is 16.6. The molecule has 0 heterocycles. The molecule has 0 bridgehead atoms. The maximum Gasteiger partial charge on any atom is 0.424 e. The SMILES string of the molecule is C=CCN(N)C(=O)OC(C)(C)C. The zero-order valence-corrected chi connectivity index (χ0v) is 7.83. The number of rotatable bonds is 2. The van der Waals surface area contributed by atoms with E-state index in [1.807, 2.05) is 0 Å². The third-order valence-corrected chi connectivity index (χ3v) is 0.954. The van der Waals surface area contributed by atoms with Crippen molar-refractivity contribution < 1.29 is 9.53 Å². The van der Waals surface area contributed by atoms with Gasteiger partial charge >= 0.3 is 6.09 Å². The molecule has 0 atom stereocenters. The van der Waals surface area contributed by atoms with Gasteiger partial charge in [0.1, 0.15) is 5.60 Å². The topological polar surface area (TPSA) is 55.6 Å². The van der Waals surface area contributed by atoms with Crippen LogP contribution in [0.25, 0.3) is 0 Å². The van der Waals surface area contributed by atoms with E-state index in [0.29, 0.717) is 0 Å². The Hall–Kier alpha value is -1.03. The zero-order chi connectivity index (χ0) is 9.78. The lowest BCUT2D eigenvalue weighted by Crippen LogP contribution is -2.41. The molecule has 0 fully saturated rings. The van der Waals surface area contributed by atoms with Gasteiger partial charge in [-0.25, -0.2) is 15.6 Å². The van der Waals surface area contributed by atoms with Gasteiger partial charge < -0.3 is 4.74 Å². The highest BCUT2D eigenvalue weighted by Gasteiger charge is 2.18. The van der Waals surface area contributed by atoms with Crippen molar-refractivity contribution in [3.63, 3.8) is 0 Å². The molecule has 0 spiro atoms. The number of carbonyl (C=O) groups excluding carboxylic acids is 1. The number of nitrogens with two attached hydrogens (primary N) is 1. The van der Waals surface area contributed by atoms with Crippen molar-refractivity contribution in [3.05, 3.63) is 12.7 Å². The van der Waals surface area contributed by atoms with E-state index < -0.39 is 11.7 Å². The van der Waals surface area contributed by atoms with E-state index in [2.05, 4.69) is 6.58 Å². The van der Waals surface area contributed by atoms with Gasteiger partial charge in [0.2, 0.25) is 0 Å². The van der Waals surface area contributed by atoms with Crippen LogP contribution in [0.3, 0.4) is 0 Å². The highest BCUT2D eigenvalue weighted by Crippen LogP contribution is 2.07. The molecule has 70 valence electrons. The average Bonchev–Trinajstić information content (AvgIpc) is 1.84. The van der Waals surface area contributed by atoms with E-state index in [-0.39, 0.29) is 6.54 Å². The molecule has 2 N–H and O–H groups in total. The summed E-state index contributed by atoms with van der Waals surface area (Å²) in [7, 11) is 0. The summed E-state index contributed by atoms with van der Waals surface area (Å²) < 4.78 is 4.97. The molecule has 0 aliphatic carbocycles. The Morgan fingerprint density at radius 2 is 2.17 bits per heavy atom. The van der Waals surface area contributed by atoms with E-state index in [9.17, 15) is 4.79 Å². The normalized spacial score (nSPS) is 10.7. The quantitative estimate of drug-likeness (QED) is 0.295. The molecule has 1 amide bonds. The van der Waals surface area contributed by atoms with Crippen LogP contribution in [0.4, 0.5) is 4.79 Å². The van der Waals surface area contributed by atoms with Crippen molar-refractivity contribution in [1.29, 1.82) is 0 Å². The van der Waals surface area contributed by atoms with Gasteiger partial charge in [-0.05, 0) is 20.8 Å². The lowest BCUT2D eigenvalue weighted by atomic mass is 10.2. The fourth-order valence-corrected chi connectivity index (χ4v) is 0.534. The van der Waals surface area contributed by atoms with Crippen molar-refractivity contribution in [3.8, 4) is 0 Å². The van der Waals surface area contributed by atoms with Crippen LogP contribution in [-0.4, -0.2) is 23.2 Å². The number of ether oxygens (including phenoxy) is 1. The summed E-state index contributed by atoms with van der Waals surface area (Å²) in [6.45, 7) is 9.09. The van der Waals surface area contributed by atoms with Gasteiger partial charge in [0, 0.05) is 0 Å². The second kappa shape index (κ2) is 4.11. The second-order valence-corrected chi connectivity index (χ2v) is 3.42. The molecule has 12 heavy (non-hydrogen) atoms. The lowest BCUT2D eigenvalue weighted by Gasteiger charge is -2.23. The van der Waals surface area contributed by atoms with Crippen LogP contribution in [0.5, 0.6) is 0 Å². The van der Waals surface area contributed by atoms with Crippen molar-refractivity contribution in [2.24, 2.45) is 5.84 Å². The molecule has 0 saturated carbocycles. The summed E-state index contributed by atoms with van der Waals surface area (Å²) >= 11 is 0. The van der Waals surface area contributed by atoms with Gasteiger partial charge in [-0.2, -0.15) is 0 Å². The summed E-state index contributed by atoms with van der Waals surface area (Å²) in [6.07, 6.45) is 0.992. The molecule has 0 radical (unpaired) electrons. The molecule has 0 saturated heterocycles. The molecular formula is C8H16N2O2. The molecule has 0 aliphatic rings. The standard InChI is InChI=1S/C8H16N2O2/c1-5-6-10(9)7(11)12-8(2,3)4/h5H,1,6,9H2,2-4H3. The molecular weight excluding hydrogens is 156 g/mol. The first kappa shape index (κ1) is 11.0. The van der Waals surface area contributed by atoms with E-state index in [0.717, 1.165) is 5.01 Å². The first-order chi connectivity index (χ1) is 5.37. The first-order valence-corrected chi connectivity index (χ1v) is 3.73. The number of amides is 1. The smallest absolute Gasteiger partial charge is 0.424 e. The van der Waals surface area contributed by atoms with E-state index in [1.165, 1.54) is 6.08 Å². The Bertz CT molecular complexity index is 172. The Balaban J connectivity index is 3.95. The maximum atomic E-state index is 11.1. The van der Waals surface area contributed by atoms with Gasteiger partial charge in [-0.1, -0.05) is 6.08 Å². The number of carbonyl (C=O) groups is 1. The summed E-state index contributed by atoms with van der Waals surface area (Å²) in [5.74, 6) is 5.32. The van der Waals surface area contributed by atoms with E-state index in [1.54, 1.807) is 20.8 Å². The molecule has 4 heteroatoms. The number of hydrogen-bond donors (Lipinski definition) is 1. The minimum atomic E-state index is -0.539. The van der Waals surface area contributed by atoms with Crippen LogP contribution in [0, 0.1) is 0 Å². The molecule has 0 rings (SSSR count). The van der Waals surface area contributed by atoms with Crippen molar-refractivity contribution in [2.45, 2.75) is 26.4 Å². The highest BCUT2D eigenvalue weighted by molar-refractivity contribution is 5.67. The monoisotopic (exact) mass is 172 g/mol. The van der Waals surface area contributed by atoms with Crippen molar-refractivity contribution in [2.75, 3.05) is 6.54 Å². The lowest BCUT2D eigenvalue weighted by molar-refractivity contribution is 0.0270. The second-order valence-electron chi connectivity index (χ2n) is 3.42.